The monoisotopic (exact) mass is 228 g/mol. The van der Waals surface area contributed by atoms with Crippen molar-refractivity contribution in [3.05, 3.63) is 0 Å². The highest BCUT2D eigenvalue weighted by atomic mass is 16.4. The van der Waals surface area contributed by atoms with E-state index in [1.807, 2.05) is 13.8 Å². The molecule has 5 nitrogen and oxygen atoms in total. The molecule has 0 spiro atoms. The Kier molecular flexibility index (Phi) is 4.29. The van der Waals surface area contributed by atoms with Gasteiger partial charge in [-0.15, -0.1) is 0 Å². The molecule has 1 aliphatic heterocycles. The standard InChI is InChI=1S/C11H20N2O3/c1-3-7(2)9(12)10(14)13-6-4-5-8(13)11(15)16/h7-9H,3-6,12H2,1-2H3,(H,15,16)/t7-,8+,9-/m0/s1. The number of aliphatic carboxylic acids is 1. The Morgan fingerprint density at radius 1 is 1.56 bits per heavy atom. The van der Waals surface area contributed by atoms with Crippen molar-refractivity contribution >= 4 is 11.9 Å². The number of nitrogens with two attached hydrogens (primary N) is 1. The van der Waals surface area contributed by atoms with Gasteiger partial charge in [0.1, 0.15) is 6.04 Å². The zero-order chi connectivity index (χ0) is 12.3. The van der Waals surface area contributed by atoms with Gasteiger partial charge in [0.2, 0.25) is 5.91 Å². The Morgan fingerprint density at radius 2 is 2.19 bits per heavy atom. The van der Waals surface area contributed by atoms with Gasteiger partial charge < -0.3 is 15.7 Å². The SMILES string of the molecule is CC[C@H](C)[C@H](N)C(=O)N1CCC[C@@H]1C(=O)O. The van der Waals surface area contributed by atoms with Crippen LogP contribution < -0.4 is 5.73 Å². The van der Waals surface area contributed by atoms with Crippen LogP contribution >= 0.6 is 0 Å². The van der Waals surface area contributed by atoms with Crippen LogP contribution in [0.3, 0.4) is 0 Å². The molecule has 5 heteroatoms. The van der Waals surface area contributed by atoms with E-state index in [9.17, 15) is 9.59 Å². The first-order chi connectivity index (χ1) is 7.49. The quantitative estimate of drug-likeness (QED) is 0.731. The van der Waals surface area contributed by atoms with Crippen molar-refractivity contribution in [2.45, 2.75) is 45.2 Å². The first-order valence-corrected chi connectivity index (χ1v) is 5.77. The largest absolute Gasteiger partial charge is 0.480 e. The Morgan fingerprint density at radius 3 is 2.69 bits per heavy atom. The summed E-state index contributed by atoms with van der Waals surface area (Å²) in [6.45, 7) is 4.39. The van der Waals surface area contributed by atoms with E-state index in [1.165, 1.54) is 4.90 Å². The number of amides is 1. The van der Waals surface area contributed by atoms with Crippen molar-refractivity contribution in [1.82, 2.24) is 4.90 Å². The van der Waals surface area contributed by atoms with Crippen molar-refractivity contribution in [3.63, 3.8) is 0 Å². The molecular weight excluding hydrogens is 208 g/mol. The highest BCUT2D eigenvalue weighted by Gasteiger charge is 2.36. The van der Waals surface area contributed by atoms with E-state index in [2.05, 4.69) is 0 Å². The van der Waals surface area contributed by atoms with E-state index < -0.39 is 18.1 Å². The third-order valence-electron chi connectivity index (χ3n) is 3.36. The molecule has 0 aromatic carbocycles. The summed E-state index contributed by atoms with van der Waals surface area (Å²) in [5, 5.41) is 8.98. The number of hydrogen-bond donors (Lipinski definition) is 2. The predicted octanol–water partition coefficient (Wildman–Crippen LogP) is 0.435. The van der Waals surface area contributed by atoms with E-state index in [-0.39, 0.29) is 11.8 Å². The van der Waals surface area contributed by atoms with Gasteiger partial charge in [0, 0.05) is 6.54 Å². The van der Waals surface area contributed by atoms with E-state index in [0.717, 1.165) is 12.8 Å². The molecule has 3 atom stereocenters. The maximum absolute atomic E-state index is 12.0. The summed E-state index contributed by atoms with van der Waals surface area (Å²) < 4.78 is 0. The van der Waals surface area contributed by atoms with Crippen molar-refractivity contribution < 1.29 is 14.7 Å². The number of carbonyl (C=O) groups excluding carboxylic acids is 1. The Labute approximate surface area is 95.6 Å². The molecule has 1 fully saturated rings. The zero-order valence-electron chi connectivity index (χ0n) is 9.85. The fourth-order valence-corrected chi connectivity index (χ4v) is 1.98. The molecule has 0 saturated carbocycles. The summed E-state index contributed by atoms with van der Waals surface area (Å²) in [6.07, 6.45) is 2.10. The van der Waals surface area contributed by atoms with Crippen LogP contribution in [0.25, 0.3) is 0 Å². The normalized spacial score (nSPS) is 24.2. The second-order valence-corrected chi connectivity index (χ2v) is 4.44. The second kappa shape index (κ2) is 5.30. The van der Waals surface area contributed by atoms with Gasteiger partial charge >= 0.3 is 5.97 Å². The summed E-state index contributed by atoms with van der Waals surface area (Å²) in [5.41, 5.74) is 5.83. The highest BCUT2D eigenvalue weighted by Crippen LogP contribution is 2.20. The fourth-order valence-electron chi connectivity index (χ4n) is 1.98. The minimum atomic E-state index is -0.929. The average Bonchev–Trinajstić information content (AvgIpc) is 2.74. The number of likely N-dealkylation sites (tertiary alicyclic amines) is 1. The molecule has 0 aromatic heterocycles. The lowest BCUT2D eigenvalue weighted by molar-refractivity contribution is -0.149. The van der Waals surface area contributed by atoms with Gasteiger partial charge in [-0.2, -0.15) is 0 Å². The first-order valence-electron chi connectivity index (χ1n) is 5.77. The van der Waals surface area contributed by atoms with Crippen molar-refractivity contribution in [2.24, 2.45) is 11.7 Å². The van der Waals surface area contributed by atoms with Gasteiger partial charge in [-0.25, -0.2) is 4.79 Å². The lowest BCUT2D eigenvalue weighted by atomic mass is 9.98. The number of carbonyl (C=O) groups is 2. The minimum absolute atomic E-state index is 0.0857. The number of hydrogen-bond acceptors (Lipinski definition) is 3. The van der Waals surface area contributed by atoms with E-state index in [4.69, 9.17) is 10.8 Å². The van der Waals surface area contributed by atoms with Gasteiger partial charge in [-0.3, -0.25) is 4.79 Å². The molecular formula is C11H20N2O3. The number of nitrogens with zero attached hydrogens (tertiary/aromatic N) is 1. The molecule has 16 heavy (non-hydrogen) atoms. The maximum Gasteiger partial charge on any atom is 0.326 e. The van der Waals surface area contributed by atoms with E-state index in [0.29, 0.717) is 13.0 Å². The van der Waals surface area contributed by atoms with Gasteiger partial charge in [-0.1, -0.05) is 20.3 Å². The molecule has 1 heterocycles. The molecule has 1 saturated heterocycles. The average molecular weight is 228 g/mol. The van der Waals surface area contributed by atoms with Gasteiger partial charge in [-0.05, 0) is 18.8 Å². The summed E-state index contributed by atoms with van der Waals surface area (Å²) in [5.74, 6) is -1.07. The van der Waals surface area contributed by atoms with Gasteiger partial charge in [0.25, 0.3) is 0 Å². The fraction of sp³-hybridized carbons (Fsp3) is 0.818. The summed E-state index contributed by atoms with van der Waals surface area (Å²) in [6, 6.07) is -1.26. The van der Waals surface area contributed by atoms with Crippen LogP contribution in [0.4, 0.5) is 0 Å². The van der Waals surface area contributed by atoms with Gasteiger partial charge in [0.15, 0.2) is 0 Å². The molecule has 0 aromatic rings. The molecule has 92 valence electrons. The Bertz CT molecular complexity index is 280. The van der Waals surface area contributed by atoms with Crippen LogP contribution in [0.1, 0.15) is 33.1 Å². The van der Waals surface area contributed by atoms with Crippen molar-refractivity contribution in [3.8, 4) is 0 Å². The molecule has 0 unspecified atom stereocenters. The third kappa shape index (κ3) is 2.52. The van der Waals surface area contributed by atoms with Gasteiger partial charge in [0.05, 0.1) is 6.04 Å². The Hall–Kier alpha value is -1.10. The topological polar surface area (TPSA) is 83.6 Å². The number of rotatable bonds is 4. The molecule has 0 radical (unpaired) electrons. The predicted molar refractivity (Wildman–Crippen MR) is 59.8 cm³/mol. The third-order valence-corrected chi connectivity index (χ3v) is 3.36. The molecule has 0 bridgehead atoms. The molecule has 1 aliphatic rings. The Balaban J connectivity index is 2.69. The van der Waals surface area contributed by atoms with Crippen molar-refractivity contribution in [1.29, 1.82) is 0 Å². The summed E-state index contributed by atoms with van der Waals surface area (Å²) >= 11 is 0. The molecule has 3 N–H and O–H groups in total. The van der Waals surface area contributed by atoms with Crippen LogP contribution in [-0.2, 0) is 9.59 Å². The van der Waals surface area contributed by atoms with Crippen molar-refractivity contribution in [2.75, 3.05) is 6.54 Å². The molecule has 1 amide bonds. The highest BCUT2D eigenvalue weighted by molar-refractivity contribution is 5.87. The lowest BCUT2D eigenvalue weighted by Gasteiger charge is -2.27. The number of carboxylic acid groups (broad SMARTS) is 1. The first kappa shape index (κ1) is 13.0. The van der Waals surface area contributed by atoms with E-state index >= 15 is 0 Å². The van der Waals surface area contributed by atoms with Crippen LogP contribution in [0.15, 0.2) is 0 Å². The zero-order valence-corrected chi connectivity index (χ0v) is 9.85. The number of carboxylic acids is 1. The van der Waals surface area contributed by atoms with E-state index in [1.54, 1.807) is 0 Å². The maximum atomic E-state index is 12.0. The van der Waals surface area contributed by atoms with Crippen LogP contribution in [0, 0.1) is 5.92 Å². The smallest absolute Gasteiger partial charge is 0.326 e. The molecule has 0 aliphatic carbocycles. The minimum Gasteiger partial charge on any atom is -0.480 e. The van der Waals surface area contributed by atoms with Crippen LogP contribution in [-0.4, -0.2) is 40.5 Å². The lowest BCUT2D eigenvalue weighted by Crippen LogP contribution is -2.50. The van der Waals surface area contributed by atoms with Crippen LogP contribution in [0.5, 0.6) is 0 Å². The molecule has 1 rings (SSSR count). The second-order valence-electron chi connectivity index (χ2n) is 4.44. The summed E-state index contributed by atoms with van der Waals surface area (Å²) in [4.78, 5) is 24.4. The summed E-state index contributed by atoms with van der Waals surface area (Å²) in [7, 11) is 0. The van der Waals surface area contributed by atoms with Crippen LogP contribution in [0.2, 0.25) is 0 Å².